The predicted molar refractivity (Wildman–Crippen MR) is 100 cm³/mol. The first-order chi connectivity index (χ1) is 13.1. The summed E-state index contributed by atoms with van der Waals surface area (Å²) in [5, 5.41) is 2.74. The number of esters is 1. The molecule has 7 heteroatoms. The average molecular weight is 387 g/mol. The summed E-state index contributed by atoms with van der Waals surface area (Å²) in [4.78, 5) is 26.1. The van der Waals surface area contributed by atoms with Crippen molar-refractivity contribution in [3.63, 3.8) is 0 Å². The van der Waals surface area contributed by atoms with Gasteiger partial charge < -0.3 is 19.5 Å². The van der Waals surface area contributed by atoms with E-state index >= 15 is 0 Å². The summed E-state index contributed by atoms with van der Waals surface area (Å²) in [6.07, 6.45) is 3.18. The lowest BCUT2D eigenvalue weighted by Gasteiger charge is -2.16. The summed E-state index contributed by atoms with van der Waals surface area (Å²) in [6, 6.07) is 7.41. The number of hydrogen-bond acceptors (Lipinski definition) is 6. The second kappa shape index (κ2) is 7.60. The molecule has 2 heterocycles. The first-order valence-corrected chi connectivity index (χ1v) is 9.84. The number of amides is 1. The van der Waals surface area contributed by atoms with E-state index in [0.717, 1.165) is 24.8 Å². The van der Waals surface area contributed by atoms with Crippen molar-refractivity contribution < 1.29 is 23.8 Å². The zero-order valence-electron chi connectivity index (χ0n) is 15.1. The van der Waals surface area contributed by atoms with Gasteiger partial charge in [0, 0.05) is 11.4 Å². The van der Waals surface area contributed by atoms with E-state index < -0.39 is 5.97 Å². The molecule has 1 aromatic heterocycles. The van der Waals surface area contributed by atoms with E-state index in [2.05, 4.69) is 12.2 Å². The number of hydrogen-bond donors (Lipinski definition) is 1. The molecule has 1 aliphatic heterocycles. The van der Waals surface area contributed by atoms with Crippen molar-refractivity contribution >= 4 is 23.2 Å². The van der Waals surface area contributed by atoms with Crippen LogP contribution in [0.4, 0.5) is 0 Å². The van der Waals surface area contributed by atoms with E-state index in [1.807, 2.05) is 24.3 Å². The number of aryl methyl sites for hydroxylation is 1. The van der Waals surface area contributed by atoms with Crippen molar-refractivity contribution in [1.29, 1.82) is 0 Å². The molecule has 0 fully saturated rings. The molecule has 1 aromatic carbocycles. The van der Waals surface area contributed by atoms with Crippen molar-refractivity contribution in [2.45, 2.75) is 32.7 Å². The van der Waals surface area contributed by atoms with E-state index in [1.54, 1.807) is 0 Å². The van der Waals surface area contributed by atoms with Gasteiger partial charge in [-0.2, -0.15) is 0 Å². The third-order valence-corrected chi connectivity index (χ3v) is 6.01. The van der Waals surface area contributed by atoms with Crippen LogP contribution in [0.25, 0.3) is 0 Å². The highest BCUT2D eigenvalue weighted by molar-refractivity contribution is 7.14. The second-order valence-corrected chi connectivity index (χ2v) is 8.08. The standard InChI is InChI=1S/C20H21NO5S/c1-12-2-5-17-14(6-12)8-18(27-17)20(23)24-10-19(22)21-9-13-3-4-15-16(7-13)26-11-25-15/h3-4,7-8,12H,2,5-6,9-11H2,1H3,(H,21,22)/t12-/m1/s1. The van der Waals surface area contributed by atoms with Crippen molar-refractivity contribution in [2.24, 2.45) is 5.92 Å². The summed E-state index contributed by atoms with van der Waals surface area (Å²) in [7, 11) is 0. The molecule has 6 nitrogen and oxygen atoms in total. The maximum atomic E-state index is 12.2. The van der Waals surface area contributed by atoms with Crippen LogP contribution >= 0.6 is 11.3 Å². The molecule has 1 atom stereocenters. The van der Waals surface area contributed by atoms with E-state index in [9.17, 15) is 9.59 Å². The Labute approximate surface area is 161 Å². The molecular weight excluding hydrogens is 366 g/mol. The summed E-state index contributed by atoms with van der Waals surface area (Å²) >= 11 is 1.49. The highest BCUT2D eigenvalue weighted by atomic mass is 32.1. The average Bonchev–Trinajstić information content (AvgIpc) is 3.30. The van der Waals surface area contributed by atoms with E-state index in [1.165, 1.54) is 21.8 Å². The Bertz CT molecular complexity index is 875. The van der Waals surface area contributed by atoms with Crippen molar-refractivity contribution in [1.82, 2.24) is 5.32 Å². The number of fused-ring (bicyclic) bond motifs is 2. The van der Waals surface area contributed by atoms with Crippen LogP contribution in [0.2, 0.25) is 0 Å². The van der Waals surface area contributed by atoms with Crippen molar-refractivity contribution in [3.8, 4) is 11.5 Å². The number of carbonyl (C=O) groups excluding carboxylic acids is 2. The monoisotopic (exact) mass is 387 g/mol. The maximum absolute atomic E-state index is 12.2. The lowest BCUT2D eigenvalue weighted by molar-refractivity contribution is -0.124. The van der Waals surface area contributed by atoms with Crippen LogP contribution in [0.15, 0.2) is 24.3 Å². The molecule has 1 N–H and O–H groups in total. The normalized spacial score (nSPS) is 17.3. The Morgan fingerprint density at radius 3 is 3.00 bits per heavy atom. The van der Waals surface area contributed by atoms with Crippen LogP contribution in [0.3, 0.4) is 0 Å². The largest absolute Gasteiger partial charge is 0.454 e. The van der Waals surface area contributed by atoms with E-state index in [4.69, 9.17) is 14.2 Å². The molecule has 0 saturated carbocycles. The lowest BCUT2D eigenvalue weighted by atomic mass is 9.90. The van der Waals surface area contributed by atoms with Crippen LogP contribution in [0, 0.1) is 5.92 Å². The van der Waals surface area contributed by atoms with Crippen LogP contribution in [-0.2, 0) is 28.9 Å². The van der Waals surface area contributed by atoms with Crippen LogP contribution in [0.5, 0.6) is 11.5 Å². The van der Waals surface area contributed by atoms with Crippen molar-refractivity contribution in [2.75, 3.05) is 13.4 Å². The van der Waals surface area contributed by atoms with Gasteiger partial charge in [-0.15, -0.1) is 11.3 Å². The predicted octanol–water partition coefficient (Wildman–Crippen LogP) is 3.07. The van der Waals surface area contributed by atoms with E-state index in [-0.39, 0.29) is 19.3 Å². The Morgan fingerprint density at radius 1 is 1.26 bits per heavy atom. The van der Waals surface area contributed by atoms with Gasteiger partial charge in [-0.1, -0.05) is 13.0 Å². The fourth-order valence-corrected chi connectivity index (χ4v) is 4.41. The second-order valence-electron chi connectivity index (χ2n) is 6.95. The fraction of sp³-hybridized carbons (Fsp3) is 0.400. The minimum Gasteiger partial charge on any atom is -0.454 e. The molecule has 0 unspecified atom stereocenters. The van der Waals surface area contributed by atoms with Crippen LogP contribution < -0.4 is 14.8 Å². The topological polar surface area (TPSA) is 73.9 Å². The first kappa shape index (κ1) is 17.9. The third kappa shape index (κ3) is 4.08. The number of ether oxygens (including phenoxy) is 3. The number of thiophene rings is 1. The van der Waals surface area contributed by atoms with Gasteiger partial charge in [0.15, 0.2) is 18.1 Å². The quantitative estimate of drug-likeness (QED) is 0.798. The number of rotatable bonds is 5. The highest BCUT2D eigenvalue weighted by Gasteiger charge is 2.22. The van der Waals surface area contributed by atoms with Gasteiger partial charge in [0.1, 0.15) is 4.88 Å². The molecule has 27 heavy (non-hydrogen) atoms. The van der Waals surface area contributed by atoms with Gasteiger partial charge in [0.25, 0.3) is 5.91 Å². The Kier molecular flexibility index (Phi) is 5.03. The van der Waals surface area contributed by atoms with Gasteiger partial charge in [-0.3, -0.25) is 4.79 Å². The molecule has 2 aromatic rings. The highest BCUT2D eigenvalue weighted by Crippen LogP contribution is 2.33. The van der Waals surface area contributed by atoms with Gasteiger partial charge in [-0.05, 0) is 54.5 Å². The summed E-state index contributed by atoms with van der Waals surface area (Å²) in [6.45, 7) is 2.48. The minimum absolute atomic E-state index is 0.214. The number of carbonyl (C=O) groups is 2. The summed E-state index contributed by atoms with van der Waals surface area (Å²) in [5.41, 5.74) is 2.14. The molecule has 142 valence electrons. The Balaban J connectivity index is 1.26. The molecule has 2 aliphatic rings. The Morgan fingerprint density at radius 2 is 2.11 bits per heavy atom. The van der Waals surface area contributed by atoms with Crippen LogP contribution in [0.1, 0.15) is 39.0 Å². The zero-order valence-corrected chi connectivity index (χ0v) is 15.9. The lowest BCUT2D eigenvalue weighted by Crippen LogP contribution is -2.28. The Hall–Kier alpha value is -2.54. The van der Waals surface area contributed by atoms with Gasteiger partial charge >= 0.3 is 5.97 Å². The molecule has 0 saturated heterocycles. The zero-order chi connectivity index (χ0) is 18.8. The summed E-state index contributed by atoms with van der Waals surface area (Å²) in [5.74, 6) is 1.25. The summed E-state index contributed by atoms with van der Waals surface area (Å²) < 4.78 is 15.7. The molecule has 4 rings (SSSR count). The number of nitrogens with one attached hydrogen (secondary N) is 1. The molecule has 0 bridgehead atoms. The SMILES string of the molecule is C[C@@H]1CCc2sc(C(=O)OCC(=O)NCc3ccc4c(c3)OCO4)cc2C1. The van der Waals surface area contributed by atoms with E-state index in [0.29, 0.717) is 28.8 Å². The minimum atomic E-state index is -0.430. The first-order valence-electron chi connectivity index (χ1n) is 9.02. The maximum Gasteiger partial charge on any atom is 0.348 e. The molecule has 0 spiro atoms. The number of benzene rings is 1. The molecule has 1 aliphatic carbocycles. The molecule has 0 radical (unpaired) electrons. The van der Waals surface area contributed by atoms with Gasteiger partial charge in [0.05, 0.1) is 0 Å². The molecule has 1 amide bonds. The van der Waals surface area contributed by atoms with Gasteiger partial charge in [-0.25, -0.2) is 4.79 Å². The third-order valence-electron chi connectivity index (χ3n) is 4.79. The van der Waals surface area contributed by atoms with Crippen molar-refractivity contribution in [3.05, 3.63) is 45.1 Å². The van der Waals surface area contributed by atoms with Gasteiger partial charge in [0.2, 0.25) is 6.79 Å². The smallest absolute Gasteiger partial charge is 0.348 e. The molecular formula is C20H21NO5S. The van der Waals surface area contributed by atoms with Crippen LogP contribution in [-0.4, -0.2) is 25.3 Å². The fourth-order valence-electron chi connectivity index (χ4n) is 3.31.